The van der Waals surface area contributed by atoms with E-state index in [1.807, 2.05) is 18.7 Å². The Labute approximate surface area is 230 Å². The number of phenols is 1. The number of benzene rings is 1. The molecular weight excluding hydrogens is 530 g/mol. The molecule has 7 N–H and O–H groups in total. The van der Waals surface area contributed by atoms with Gasteiger partial charge >= 0.3 is 0 Å². The van der Waals surface area contributed by atoms with Crippen LogP contribution >= 0.6 is 11.6 Å². The van der Waals surface area contributed by atoms with E-state index in [1.54, 1.807) is 21.1 Å². The number of aliphatic hydroxyl groups excluding tert-OH is 3. The maximum atomic E-state index is 13.7. The number of halogens is 1. The van der Waals surface area contributed by atoms with Crippen LogP contribution in [0, 0.1) is 11.8 Å². The number of carbonyl (C=O) groups excluding carboxylic acids is 3. The summed E-state index contributed by atoms with van der Waals surface area (Å²) in [6, 6.07) is 0.279. The number of carbonyl (C=O) groups is 3. The van der Waals surface area contributed by atoms with Gasteiger partial charge in [0.05, 0.1) is 18.2 Å². The molecule has 11 nitrogen and oxygen atoms in total. The first-order valence-electron chi connectivity index (χ1n) is 12.5. The number of likely N-dealkylation sites (N-methyl/N-ethyl adjacent to an activating group) is 2. The third-order valence-corrected chi connectivity index (χ3v) is 9.03. The summed E-state index contributed by atoms with van der Waals surface area (Å²) in [6.07, 6.45) is 0.0758. The summed E-state index contributed by atoms with van der Waals surface area (Å²) in [7, 11) is 4.93. The fourth-order valence-corrected chi connectivity index (χ4v) is 6.34. The van der Waals surface area contributed by atoms with Crippen molar-refractivity contribution >= 4 is 29.1 Å². The van der Waals surface area contributed by atoms with Crippen molar-refractivity contribution in [1.29, 1.82) is 0 Å². The zero-order valence-electron chi connectivity index (χ0n) is 22.4. The maximum Gasteiger partial charge on any atom is 0.255 e. The van der Waals surface area contributed by atoms with Gasteiger partial charge in [-0.05, 0) is 70.9 Å². The molecule has 39 heavy (non-hydrogen) atoms. The molecule has 1 aromatic rings. The van der Waals surface area contributed by atoms with Crippen molar-refractivity contribution < 1.29 is 39.9 Å². The van der Waals surface area contributed by atoms with Gasteiger partial charge in [-0.25, -0.2) is 0 Å². The molecule has 3 aliphatic carbocycles. The molecule has 1 aromatic carbocycles. The number of nitrogens with two attached hydrogens (primary N) is 1. The summed E-state index contributed by atoms with van der Waals surface area (Å²) in [6.45, 7) is 3.81. The van der Waals surface area contributed by atoms with E-state index in [0.717, 1.165) is 0 Å². The largest absolute Gasteiger partial charge is 0.510 e. The molecule has 4 rings (SSSR count). The van der Waals surface area contributed by atoms with E-state index < -0.39 is 63.6 Å². The second-order valence-corrected chi connectivity index (χ2v) is 11.9. The van der Waals surface area contributed by atoms with Crippen molar-refractivity contribution in [1.82, 2.24) is 9.80 Å². The second-order valence-electron chi connectivity index (χ2n) is 11.5. The van der Waals surface area contributed by atoms with Crippen molar-refractivity contribution in [2.24, 2.45) is 17.6 Å². The number of aliphatic hydroxyl groups is 4. The fourth-order valence-electron chi connectivity index (χ4n) is 6.06. The van der Waals surface area contributed by atoms with E-state index in [1.165, 1.54) is 11.0 Å². The van der Waals surface area contributed by atoms with Gasteiger partial charge in [0.25, 0.3) is 5.91 Å². The van der Waals surface area contributed by atoms with Crippen molar-refractivity contribution in [3.63, 3.8) is 0 Å². The molecule has 0 radical (unpaired) electrons. The molecule has 0 aliphatic heterocycles. The van der Waals surface area contributed by atoms with Crippen molar-refractivity contribution in [2.75, 3.05) is 27.7 Å². The number of aromatic hydroxyl groups is 1. The Bertz CT molecular complexity index is 1350. The topological polar surface area (TPSA) is 185 Å². The predicted molar refractivity (Wildman–Crippen MR) is 141 cm³/mol. The number of nitrogens with zero attached hydrogens (tertiary/aromatic N) is 2. The first-order chi connectivity index (χ1) is 18.0. The first-order valence-corrected chi connectivity index (χ1v) is 12.9. The maximum absolute atomic E-state index is 13.7. The Hall–Kier alpha value is -2.96. The van der Waals surface area contributed by atoms with Crippen LogP contribution in [0.2, 0.25) is 5.02 Å². The number of hydrogen-bond acceptors (Lipinski definition) is 10. The first kappa shape index (κ1) is 29.0. The van der Waals surface area contributed by atoms with Crippen molar-refractivity contribution in [3.05, 3.63) is 50.4 Å². The Morgan fingerprint density at radius 3 is 2.36 bits per heavy atom. The van der Waals surface area contributed by atoms with Gasteiger partial charge in [-0.1, -0.05) is 11.6 Å². The molecule has 0 heterocycles. The number of hydrogen-bond donors (Lipinski definition) is 6. The van der Waals surface area contributed by atoms with E-state index in [9.17, 15) is 39.9 Å². The van der Waals surface area contributed by atoms with Gasteiger partial charge in [0.2, 0.25) is 5.78 Å². The number of fused-ring (bicyclic) bond motifs is 3. The summed E-state index contributed by atoms with van der Waals surface area (Å²) >= 11 is 6.77. The summed E-state index contributed by atoms with van der Waals surface area (Å²) < 4.78 is 0. The molecule has 12 heteroatoms. The summed E-state index contributed by atoms with van der Waals surface area (Å²) in [5, 5.41) is 54.7. The molecule has 0 saturated heterocycles. The quantitative estimate of drug-likeness (QED) is 0.272. The highest BCUT2D eigenvalue weighted by Crippen LogP contribution is 2.53. The normalized spacial score (nSPS) is 27.2. The molecule has 0 fully saturated rings. The lowest BCUT2D eigenvalue weighted by Gasteiger charge is -2.50. The molecule has 3 aliphatic rings. The Kier molecular flexibility index (Phi) is 7.15. The van der Waals surface area contributed by atoms with Gasteiger partial charge in [-0.15, -0.1) is 0 Å². The summed E-state index contributed by atoms with van der Waals surface area (Å²) in [5.74, 6) is -7.12. The van der Waals surface area contributed by atoms with E-state index in [0.29, 0.717) is 11.1 Å². The number of amides is 1. The van der Waals surface area contributed by atoms with Gasteiger partial charge in [0, 0.05) is 28.6 Å². The number of primary amides is 1. The van der Waals surface area contributed by atoms with E-state index in [4.69, 9.17) is 17.3 Å². The minimum atomic E-state index is -2.69. The van der Waals surface area contributed by atoms with Crippen LogP contribution in [0.4, 0.5) is 0 Å². The minimum Gasteiger partial charge on any atom is -0.510 e. The van der Waals surface area contributed by atoms with Gasteiger partial charge in [0.15, 0.2) is 11.4 Å². The second kappa shape index (κ2) is 9.60. The number of ketones is 2. The van der Waals surface area contributed by atoms with Gasteiger partial charge in [0.1, 0.15) is 22.8 Å². The molecule has 4 atom stereocenters. The standard InChI is InChI=1S/C27H34ClN3O8/c1-26(2,10-32)31(5)9-12-8-15(33)17-13(19(12)28)6-11-7-14-20(30(3)4)22(35)18(25(29)38)24(37)27(14,39)23(36)16(11)21(17)34/h8,11,14,20,32-33,35-36,39H,6-7,9-10H2,1-5H3,(H2,29,38)/t11-,14-,20-,27-/m0/s1. The highest BCUT2D eigenvalue weighted by molar-refractivity contribution is 6.33. The average molecular weight is 564 g/mol. The number of allylic oxidation sites excluding steroid dienone is 1. The smallest absolute Gasteiger partial charge is 0.255 e. The summed E-state index contributed by atoms with van der Waals surface area (Å²) in [5.41, 5.74) is 1.71. The number of phenolic OH excluding ortho intramolecular Hbond substituents is 1. The lowest BCUT2D eigenvalue weighted by molar-refractivity contribution is -0.148. The highest BCUT2D eigenvalue weighted by atomic mass is 35.5. The monoisotopic (exact) mass is 563 g/mol. The molecule has 1 amide bonds. The van der Waals surface area contributed by atoms with Crippen LogP contribution in [0.3, 0.4) is 0 Å². The summed E-state index contributed by atoms with van der Waals surface area (Å²) in [4.78, 5) is 42.5. The van der Waals surface area contributed by atoms with Crippen LogP contribution in [-0.2, 0) is 22.6 Å². The third kappa shape index (κ3) is 4.15. The lowest BCUT2D eigenvalue weighted by Crippen LogP contribution is -2.63. The van der Waals surface area contributed by atoms with E-state index >= 15 is 0 Å². The third-order valence-electron chi connectivity index (χ3n) is 8.56. The lowest BCUT2D eigenvalue weighted by atomic mass is 9.58. The Balaban J connectivity index is 1.87. The SMILES string of the molecule is CN(C)[C@@H]1C(O)=C(C(N)=O)C(=O)[C@@]2(O)C(O)=C3C(=O)c4c(O)cc(CN(C)C(C)(C)CO)c(Cl)c4C[C@H]3C[C@@H]12. The highest BCUT2D eigenvalue weighted by Gasteiger charge is 2.63. The van der Waals surface area contributed by atoms with Crippen molar-refractivity contribution in [3.8, 4) is 5.75 Å². The number of rotatable bonds is 6. The predicted octanol–water partition coefficient (Wildman–Crippen LogP) is 0.977. The Morgan fingerprint density at radius 1 is 1.21 bits per heavy atom. The van der Waals surface area contributed by atoms with Gasteiger partial charge in [-0.3, -0.25) is 24.2 Å². The fraction of sp³-hybridized carbons (Fsp3) is 0.519. The molecule has 212 valence electrons. The molecular formula is C27H34ClN3O8. The van der Waals surface area contributed by atoms with Crippen LogP contribution in [0.1, 0.15) is 41.8 Å². The molecule has 0 unspecified atom stereocenters. The average Bonchev–Trinajstić information content (AvgIpc) is 2.83. The molecule has 0 aromatic heterocycles. The number of Topliss-reactive ketones (excluding diaryl/α,β-unsaturated/α-hetero) is 2. The minimum absolute atomic E-state index is 0.0233. The molecule has 0 bridgehead atoms. The molecule has 0 saturated carbocycles. The van der Waals surface area contributed by atoms with E-state index in [-0.39, 0.29) is 47.9 Å². The van der Waals surface area contributed by atoms with Crippen molar-refractivity contribution in [2.45, 2.75) is 50.4 Å². The zero-order chi connectivity index (χ0) is 29.4. The van der Waals surface area contributed by atoms with E-state index in [2.05, 4.69) is 0 Å². The zero-order valence-corrected chi connectivity index (χ0v) is 23.2. The van der Waals surface area contributed by atoms with Crippen LogP contribution in [-0.4, -0.2) is 97.7 Å². The van der Waals surface area contributed by atoms with Crippen LogP contribution in [0.25, 0.3) is 0 Å². The van der Waals surface area contributed by atoms with Crippen LogP contribution in [0.5, 0.6) is 5.75 Å². The van der Waals surface area contributed by atoms with Gasteiger partial charge < -0.3 is 31.3 Å². The van der Waals surface area contributed by atoms with Gasteiger partial charge in [-0.2, -0.15) is 0 Å². The van der Waals surface area contributed by atoms with Crippen LogP contribution in [0.15, 0.2) is 28.7 Å². The molecule has 0 spiro atoms. The Morgan fingerprint density at radius 2 is 1.82 bits per heavy atom. The van der Waals surface area contributed by atoms with Crippen LogP contribution < -0.4 is 5.73 Å².